The molecule has 2 aromatic heterocycles. The highest BCUT2D eigenvalue weighted by Crippen LogP contribution is 2.38. The number of aryl methyl sites for hydroxylation is 1. The van der Waals surface area contributed by atoms with Crippen LogP contribution in [0.2, 0.25) is 0 Å². The maximum absolute atomic E-state index is 13.6. The zero-order valence-electron chi connectivity index (χ0n) is 19.3. The molecular formula is C25H24F3N3O5. The van der Waals surface area contributed by atoms with Crippen LogP contribution < -0.4 is 5.32 Å². The highest BCUT2D eigenvalue weighted by Gasteiger charge is 2.48. The van der Waals surface area contributed by atoms with Gasteiger partial charge in [-0.3, -0.25) is 4.79 Å². The van der Waals surface area contributed by atoms with E-state index in [2.05, 4.69) is 10.3 Å². The van der Waals surface area contributed by atoms with E-state index in [1.165, 1.54) is 12.3 Å². The minimum Gasteiger partial charge on any atom is -0.467 e. The monoisotopic (exact) mass is 503 g/mol. The fraction of sp³-hybridized carbons (Fsp3) is 0.320. The standard InChI is InChI=1S/C25H24F3N3O5/c1-16-9-10-19(21(30-16)29-15-18-8-5-13-35-18)22(32)31-12-11-24(34,17-6-3-2-4-7-17)14-20(31)36-23(33)25(26,27)28/h2-10,13,20,34H,11-12,14-15H2,1H3,(H,29,30). The van der Waals surface area contributed by atoms with Crippen LogP contribution in [0, 0.1) is 6.92 Å². The van der Waals surface area contributed by atoms with Crippen molar-refractivity contribution < 1.29 is 37.0 Å². The molecule has 0 aliphatic carbocycles. The van der Waals surface area contributed by atoms with Crippen LogP contribution in [-0.2, 0) is 21.7 Å². The van der Waals surface area contributed by atoms with Crippen LogP contribution in [0.3, 0.4) is 0 Å². The first-order chi connectivity index (χ1) is 17.1. The van der Waals surface area contributed by atoms with Crippen molar-refractivity contribution in [1.82, 2.24) is 9.88 Å². The number of alkyl halides is 3. The Morgan fingerprint density at radius 2 is 1.94 bits per heavy atom. The molecule has 1 amide bonds. The summed E-state index contributed by atoms with van der Waals surface area (Å²) in [5.74, 6) is -2.36. The van der Waals surface area contributed by atoms with Crippen molar-refractivity contribution in [3.05, 3.63) is 83.4 Å². The lowest BCUT2D eigenvalue weighted by atomic mass is 9.83. The number of nitrogens with one attached hydrogen (secondary N) is 1. The number of pyridine rings is 1. The molecule has 1 aliphatic rings. The average Bonchev–Trinajstić information content (AvgIpc) is 3.36. The van der Waals surface area contributed by atoms with E-state index in [0.717, 1.165) is 4.90 Å². The molecule has 0 saturated carbocycles. The number of carbonyl (C=O) groups is 2. The fourth-order valence-corrected chi connectivity index (χ4v) is 4.09. The summed E-state index contributed by atoms with van der Waals surface area (Å²) in [7, 11) is 0. The first kappa shape index (κ1) is 25.2. The molecular weight excluding hydrogens is 479 g/mol. The van der Waals surface area contributed by atoms with E-state index in [0.29, 0.717) is 17.0 Å². The van der Waals surface area contributed by atoms with E-state index in [1.54, 1.807) is 55.5 Å². The van der Waals surface area contributed by atoms with E-state index in [4.69, 9.17) is 9.15 Å². The summed E-state index contributed by atoms with van der Waals surface area (Å²) in [6, 6.07) is 14.9. The molecule has 1 aliphatic heterocycles. The highest BCUT2D eigenvalue weighted by molar-refractivity contribution is 5.99. The lowest BCUT2D eigenvalue weighted by molar-refractivity contribution is -0.218. The van der Waals surface area contributed by atoms with Gasteiger partial charge in [0.1, 0.15) is 11.6 Å². The van der Waals surface area contributed by atoms with Crippen LogP contribution >= 0.6 is 0 Å². The molecule has 2 atom stereocenters. The van der Waals surface area contributed by atoms with Gasteiger partial charge in [-0.1, -0.05) is 30.3 Å². The number of aliphatic hydroxyl groups is 1. The molecule has 36 heavy (non-hydrogen) atoms. The number of amides is 1. The number of carbonyl (C=O) groups excluding carboxylic acids is 2. The van der Waals surface area contributed by atoms with Crippen molar-refractivity contribution in [2.75, 3.05) is 11.9 Å². The van der Waals surface area contributed by atoms with Crippen molar-refractivity contribution in [1.29, 1.82) is 0 Å². The number of benzene rings is 1. The van der Waals surface area contributed by atoms with Gasteiger partial charge in [-0.25, -0.2) is 9.78 Å². The summed E-state index contributed by atoms with van der Waals surface area (Å²) < 4.78 is 49.2. The molecule has 4 rings (SSSR count). The van der Waals surface area contributed by atoms with Crippen molar-refractivity contribution in [3.63, 3.8) is 0 Å². The maximum Gasteiger partial charge on any atom is 0.491 e. The zero-order chi connectivity index (χ0) is 25.9. The molecule has 0 radical (unpaired) electrons. The molecule has 0 spiro atoms. The Balaban J connectivity index is 1.63. The first-order valence-electron chi connectivity index (χ1n) is 11.2. The van der Waals surface area contributed by atoms with Gasteiger partial charge < -0.3 is 24.5 Å². The summed E-state index contributed by atoms with van der Waals surface area (Å²) in [6.45, 7) is 1.77. The fourth-order valence-electron chi connectivity index (χ4n) is 4.09. The van der Waals surface area contributed by atoms with Gasteiger partial charge in [-0.15, -0.1) is 0 Å². The third-order valence-electron chi connectivity index (χ3n) is 5.95. The number of esters is 1. The quantitative estimate of drug-likeness (QED) is 0.487. The van der Waals surface area contributed by atoms with E-state index in [1.807, 2.05) is 0 Å². The second-order valence-corrected chi connectivity index (χ2v) is 8.49. The Morgan fingerprint density at radius 1 is 1.19 bits per heavy atom. The molecule has 1 fully saturated rings. The second kappa shape index (κ2) is 10.0. The largest absolute Gasteiger partial charge is 0.491 e. The topological polar surface area (TPSA) is 105 Å². The molecule has 0 bridgehead atoms. The summed E-state index contributed by atoms with van der Waals surface area (Å²) >= 11 is 0. The molecule has 1 aromatic carbocycles. The summed E-state index contributed by atoms with van der Waals surface area (Å²) in [6.07, 6.45) is -5.84. The predicted octanol–water partition coefficient (Wildman–Crippen LogP) is 4.15. The Bertz CT molecular complexity index is 1220. The normalized spacial score (nSPS) is 20.1. The maximum atomic E-state index is 13.6. The third-order valence-corrected chi connectivity index (χ3v) is 5.95. The molecule has 3 heterocycles. The Morgan fingerprint density at radius 3 is 2.61 bits per heavy atom. The molecule has 190 valence electrons. The Hall–Kier alpha value is -3.86. The molecule has 3 aromatic rings. The number of anilines is 1. The minimum absolute atomic E-state index is 0.0251. The second-order valence-electron chi connectivity index (χ2n) is 8.49. The highest BCUT2D eigenvalue weighted by atomic mass is 19.4. The summed E-state index contributed by atoms with van der Waals surface area (Å²) in [4.78, 5) is 30.7. The molecule has 1 saturated heterocycles. The number of halogens is 3. The van der Waals surface area contributed by atoms with Gasteiger partial charge in [0.15, 0.2) is 6.23 Å². The van der Waals surface area contributed by atoms with Gasteiger partial charge in [-0.05, 0) is 43.2 Å². The number of likely N-dealkylation sites (tertiary alicyclic amines) is 1. The number of nitrogens with zero attached hydrogens (tertiary/aromatic N) is 2. The number of rotatable bonds is 6. The van der Waals surface area contributed by atoms with E-state index in [9.17, 15) is 27.9 Å². The van der Waals surface area contributed by atoms with Crippen molar-refractivity contribution >= 4 is 17.7 Å². The van der Waals surface area contributed by atoms with Crippen molar-refractivity contribution in [3.8, 4) is 0 Å². The zero-order valence-corrected chi connectivity index (χ0v) is 19.3. The van der Waals surface area contributed by atoms with Crippen molar-refractivity contribution in [2.45, 2.75) is 44.3 Å². The van der Waals surface area contributed by atoms with Gasteiger partial charge in [0.05, 0.1) is 24.0 Å². The summed E-state index contributed by atoms with van der Waals surface area (Å²) in [5.41, 5.74) is -0.473. The van der Waals surface area contributed by atoms with Gasteiger partial charge in [-0.2, -0.15) is 13.2 Å². The predicted molar refractivity (Wildman–Crippen MR) is 122 cm³/mol. The summed E-state index contributed by atoms with van der Waals surface area (Å²) in [5, 5.41) is 14.2. The van der Waals surface area contributed by atoms with Gasteiger partial charge >= 0.3 is 12.1 Å². The SMILES string of the molecule is Cc1ccc(C(=O)N2CCC(O)(c3ccccc3)CC2OC(=O)C(F)(F)F)c(NCc2ccco2)n1. The van der Waals surface area contributed by atoms with Gasteiger partial charge in [0.25, 0.3) is 5.91 Å². The number of hydrogen-bond acceptors (Lipinski definition) is 7. The molecule has 11 heteroatoms. The lowest BCUT2D eigenvalue weighted by Gasteiger charge is -2.43. The van der Waals surface area contributed by atoms with Crippen LogP contribution in [0.15, 0.2) is 65.3 Å². The number of aromatic nitrogens is 1. The van der Waals surface area contributed by atoms with Crippen LogP contribution in [-0.4, -0.2) is 45.8 Å². The number of furan rings is 1. The number of hydrogen-bond donors (Lipinski definition) is 2. The van der Waals surface area contributed by atoms with Crippen LogP contribution in [0.5, 0.6) is 0 Å². The Kier molecular flexibility index (Phi) is 7.02. The lowest BCUT2D eigenvalue weighted by Crippen LogP contribution is -2.54. The molecule has 8 nitrogen and oxygen atoms in total. The van der Waals surface area contributed by atoms with Gasteiger partial charge in [0, 0.05) is 18.7 Å². The van der Waals surface area contributed by atoms with Crippen LogP contribution in [0.25, 0.3) is 0 Å². The Labute approximate surface area is 204 Å². The number of ether oxygens (including phenoxy) is 1. The smallest absolute Gasteiger partial charge is 0.467 e. The third kappa shape index (κ3) is 5.51. The van der Waals surface area contributed by atoms with Gasteiger partial charge in [0.2, 0.25) is 0 Å². The molecule has 2 unspecified atom stereocenters. The molecule has 2 N–H and O–H groups in total. The first-order valence-corrected chi connectivity index (χ1v) is 11.2. The van der Waals surface area contributed by atoms with E-state index < -0.39 is 36.3 Å². The van der Waals surface area contributed by atoms with Crippen LogP contribution in [0.4, 0.5) is 19.0 Å². The number of piperidine rings is 1. The van der Waals surface area contributed by atoms with Crippen molar-refractivity contribution in [2.24, 2.45) is 0 Å². The average molecular weight is 503 g/mol. The van der Waals surface area contributed by atoms with E-state index >= 15 is 0 Å². The van der Waals surface area contributed by atoms with E-state index in [-0.39, 0.29) is 30.9 Å². The van der Waals surface area contributed by atoms with Crippen LogP contribution in [0.1, 0.15) is 40.2 Å². The minimum atomic E-state index is -5.27.